The summed E-state index contributed by atoms with van der Waals surface area (Å²) in [7, 11) is 1.42. The average Bonchev–Trinajstić information content (AvgIpc) is 2.91. The molecule has 0 N–H and O–H groups in total. The third kappa shape index (κ3) is 2.87. The van der Waals surface area contributed by atoms with Gasteiger partial charge >= 0.3 is 5.97 Å². The number of methoxy groups -OCH3 is 1. The Labute approximate surface area is 107 Å². The van der Waals surface area contributed by atoms with Gasteiger partial charge in [-0.05, 0) is 18.3 Å². The molecule has 0 atom stereocenters. The van der Waals surface area contributed by atoms with E-state index >= 15 is 0 Å². The van der Waals surface area contributed by atoms with E-state index in [2.05, 4.69) is 13.5 Å². The lowest BCUT2D eigenvalue weighted by molar-refractivity contribution is -0.141. The molecule has 1 aromatic heterocycles. The molecule has 4 nitrogen and oxygen atoms in total. The fourth-order valence-corrected chi connectivity index (χ4v) is 3.48. The second-order valence-electron chi connectivity index (χ2n) is 3.90. The van der Waals surface area contributed by atoms with Gasteiger partial charge in [0.15, 0.2) is 5.15 Å². The summed E-state index contributed by atoms with van der Waals surface area (Å²) in [5.41, 5.74) is 0.102. The smallest absolute Gasteiger partial charge is 0.306 e. The number of carbonyl (C=O) groups excluding carboxylic acids is 1. The van der Waals surface area contributed by atoms with E-state index in [4.69, 9.17) is 11.6 Å². The van der Waals surface area contributed by atoms with Gasteiger partial charge in [0.1, 0.15) is 5.03 Å². The monoisotopic (exact) mass is 278 g/mol. The van der Waals surface area contributed by atoms with E-state index in [9.17, 15) is 4.79 Å². The zero-order chi connectivity index (χ0) is 11.6. The summed E-state index contributed by atoms with van der Waals surface area (Å²) in [4.78, 5) is 11.2. The highest BCUT2D eigenvalue weighted by Gasteiger charge is 2.44. The first kappa shape index (κ1) is 12.1. The first-order chi connectivity index (χ1) is 7.65. The SMILES string of the molecule is COC(=O)CC1(CSc2nsnc2Cl)CC1. The number of nitrogens with zero attached hydrogens (tertiary/aromatic N) is 2. The molecule has 1 heterocycles. The normalized spacial score (nSPS) is 17.1. The lowest BCUT2D eigenvalue weighted by Gasteiger charge is -2.11. The maximum absolute atomic E-state index is 11.2. The second kappa shape index (κ2) is 4.89. The van der Waals surface area contributed by atoms with Crippen LogP contribution in [0.2, 0.25) is 5.15 Å². The number of ether oxygens (including phenoxy) is 1. The third-order valence-electron chi connectivity index (χ3n) is 2.64. The van der Waals surface area contributed by atoms with Crippen LogP contribution in [0.15, 0.2) is 5.03 Å². The van der Waals surface area contributed by atoms with E-state index in [1.54, 1.807) is 11.8 Å². The summed E-state index contributed by atoms with van der Waals surface area (Å²) in [6, 6.07) is 0. The van der Waals surface area contributed by atoms with Crippen molar-refractivity contribution >= 4 is 41.1 Å². The van der Waals surface area contributed by atoms with Crippen LogP contribution in [-0.4, -0.2) is 27.6 Å². The van der Waals surface area contributed by atoms with Gasteiger partial charge in [0.05, 0.1) is 25.3 Å². The maximum Gasteiger partial charge on any atom is 0.306 e. The number of carbonyl (C=O) groups is 1. The fourth-order valence-electron chi connectivity index (χ4n) is 1.40. The molecule has 0 aromatic carbocycles. The Bertz CT molecular complexity index is 393. The minimum absolute atomic E-state index is 0.102. The Morgan fingerprint density at radius 1 is 1.62 bits per heavy atom. The number of esters is 1. The van der Waals surface area contributed by atoms with Gasteiger partial charge in [-0.25, -0.2) is 0 Å². The van der Waals surface area contributed by atoms with Crippen molar-refractivity contribution in [1.29, 1.82) is 0 Å². The number of halogens is 1. The predicted octanol–water partition coefficient (Wildman–Crippen LogP) is 2.63. The Hall–Kier alpha value is -0.330. The van der Waals surface area contributed by atoms with Gasteiger partial charge in [0.2, 0.25) is 0 Å². The molecule has 0 bridgehead atoms. The highest BCUT2D eigenvalue weighted by molar-refractivity contribution is 7.99. The van der Waals surface area contributed by atoms with Crippen LogP contribution in [0.4, 0.5) is 0 Å². The number of rotatable bonds is 5. The van der Waals surface area contributed by atoms with Gasteiger partial charge in [0.25, 0.3) is 0 Å². The lowest BCUT2D eigenvalue weighted by atomic mass is 10.1. The Morgan fingerprint density at radius 3 is 2.88 bits per heavy atom. The summed E-state index contributed by atoms with van der Waals surface area (Å²) >= 11 is 8.53. The maximum atomic E-state index is 11.2. The predicted molar refractivity (Wildman–Crippen MR) is 63.9 cm³/mol. The van der Waals surface area contributed by atoms with Crippen LogP contribution >= 0.6 is 35.1 Å². The lowest BCUT2D eigenvalue weighted by Crippen LogP contribution is -2.13. The van der Waals surface area contributed by atoms with Crippen LogP contribution in [0.25, 0.3) is 0 Å². The van der Waals surface area contributed by atoms with Gasteiger partial charge in [-0.1, -0.05) is 11.6 Å². The molecule has 0 saturated heterocycles. The number of aromatic nitrogens is 2. The van der Waals surface area contributed by atoms with E-state index in [-0.39, 0.29) is 11.4 Å². The highest BCUT2D eigenvalue weighted by atomic mass is 35.5. The molecule has 16 heavy (non-hydrogen) atoms. The van der Waals surface area contributed by atoms with Crippen LogP contribution in [0.3, 0.4) is 0 Å². The number of hydrogen-bond donors (Lipinski definition) is 0. The van der Waals surface area contributed by atoms with E-state index < -0.39 is 0 Å². The molecule has 0 spiro atoms. The first-order valence-corrected chi connectivity index (χ1v) is 6.92. The topological polar surface area (TPSA) is 52.1 Å². The largest absolute Gasteiger partial charge is 0.469 e. The van der Waals surface area contributed by atoms with Crippen molar-refractivity contribution in [3.05, 3.63) is 5.15 Å². The zero-order valence-electron chi connectivity index (χ0n) is 8.73. The summed E-state index contributed by atoms with van der Waals surface area (Å²) in [6.07, 6.45) is 2.64. The minimum Gasteiger partial charge on any atom is -0.469 e. The molecule has 1 aliphatic rings. The van der Waals surface area contributed by atoms with Gasteiger partial charge in [-0.2, -0.15) is 8.75 Å². The quantitative estimate of drug-likeness (QED) is 0.612. The van der Waals surface area contributed by atoms with Crippen molar-refractivity contribution in [2.24, 2.45) is 5.41 Å². The minimum atomic E-state index is -0.138. The van der Waals surface area contributed by atoms with Gasteiger partial charge < -0.3 is 4.74 Å². The molecule has 1 fully saturated rings. The van der Waals surface area contributed by atoms with Gasteiger partial charge in [0, 0.05) is 5.75 Å². The molecule has 1 saturated carbocycles. The van der Waals surface area contributed by atoms with Gasteiger partial charge in [-0.15, -0.1) is 11.8 Å². The molecular formula is C9H11ClN2O2S2. The second-order valence-corrected chi connectivity index (χ2v) is 5.75. The zero-order valence-corrected chi connectivity index (χ0v) is 11.1. The molecule has 0 radical (unpaired) electrons. The Kier molecular flexibility index (Phi) is 3.71. The fraction of sp³-hybridized carbons (Fsp3) is 0.667. The van der Waals surface area contributed by atoms with Crippen LogP contribution in [-0.2, 0) is 9.53 Å². The molecule has 1 aromatic rings. The standard InChI is InChI=1S/C9H11ClN2O2S2/c1-14-6(13)4-9(2-3-9)5-15-8-7(10)11-16-12-8/h2-5H2,1H3. The number of thioether (sulfide) groups is 1. The molecule has 2 rings (SSSR count). The van der Waals surface area contributed by atoms with E-state index in [1.165, 1.54) is 7.11 Å². The van der Waals surface area contributed by atoms with Crippen LogP contribution < -0.4 is 0 Å². The summed E-state index contributed by atoms with van der Waals surface area (Å²) in [6.45, 7) is 0. The molecule has 0 aliphatic heterocycles. The third-order valence-corrected chi connectivity index (χ3v) is 5.07. The molecule has 88 valence electrons. The first-order valence-electron chi connectivity index (χ1n) is 4.83. The van der Waals surface area contributed by atoms with E-state index in [1.807, 2.05) is 0 Å². The number of hydrogen-bond acceptors (Lipinski definition) is 6. The average molecular weight is 279 g/mol. The van der Waals surface area contributed by atoms with Crippen molar-refractivity contribution < 1.29 is 9.53 Å². The van der Waals surface area contributed by atoms with Crippen molar-refractivity contribution in [1.82, 2.24) is 8.75 Å². The molecule has 7 heteroatoms. The molecule has 1 aliphatic carbocycles. The summed E-state index contributed by atoms with van der Waals surface area (Å²) in [5.74, 6) is 0.716. The Morgan fingerprint density at radius 2 is 2.38 bits per heavy atom. The van der Waals surface area contributed by atoms with E-state index in [0.29, 0.717) is 11.6 Å². The van der Waals surface area contributed by atoms with Crippen molar-refractivity contribution in [2.75, 3.05) is 12.9 Å². The van der Waals surface area contributed by atoms with Crippen LogP contribution in [0, 0.1) is 5.41 Å². The van der Waals surface area contributed by atoms with Crippen molar-refractivity contribution in [2.45, 2.75) is 24.3 Å². The van der Waals surface area contributed by atoms with Crippen LogP contribution in [0.5, 0.6) is 0 Å². The Balaban J connectivity index is 1.86. The molecular weight excluding hydrogens is 268 g/mol. The van der Waals surface area contributed by atoms with Crippen LogP contribution in [0.1, 0.15) is 19.3 Å². The van der Waals surface area contributed by atoms with Crippen molar-refractivity contribution in [3.63, 3.8) is 0 Å². The molecule has 0 amide bonds. The van der Waals surface area contributed by atoms with Gasteiger partial charge in [-0.3, -0.25) is 4.79 Å². The van der Waals surface area contributed by atoms with Crippen molar-refractivity contribution in [3.8, 4) is 0 Å². The molecule has 0 unspecified atom stereocenters. The summed E-state index contributed by atoms with van der Waals surface area (Å²) in [5, 5.41) is 1.23. The highest BCUT2D eigenvalue weighted by Crippen LogP contribution is 2.52. The van der Waals surface area contributed by atoms with E-state index in [0.717, 1.165) is 35.3 Å². The summed E-state index contributed by atoms with van der Waals surface area (Å²) < 4.78 is 12.7.